The van der Waals surface area contributed by atoms with Crippen LogP contribution in [0, 0.1) is 0 Å². The fourth-order valence-corrected chi connectivity index (χ4v) is 3.90. The van der Waals surface area contributed by atoms with Crippen LogP contribution in [0.4, 0.5) is 0 Å². The van der Waals surface area contributed by atoms with Gasteiger partial charge in [0.1, 0.15) is 11.5 Å². The van der Waals surface area contributed by atoms with Gasteiger partial charge in [-0.15, -0.1) is 0 Å². The molecular formula is C23H21N5O2. The second-order valence-electron chi connectivity index (χ2n) is 7.44. The smallest absolute Gasteiger partial charge is 0.295 e. The Morgan fingerprint density at radius 2 is 1.90 bits per heavy atom. The Morgan fingerprint density at radius 1 is 1.03 bits per heavy atom. The maximum absolute atomic E-state index is 12.1. The lowest BCUT2D eigenvalue weighted by atomic mass is 10.00. The summed E-state index contributed by atoms with van der Waals surface area (Å²) in [6.45, 7) is 2.89. The zero-order valence-corrected chi connectivity index (χ0v) is 16.4. The van der Waals surface area contributed by atoms with Crippen LogP contribution in [0.3, 0.4) is 0 Å². The molecule has 1 N–H and O–H groups in total. The molecule has 0 spiro atoms. The Balaban J connectivity index is 1.38. The van der Waals surface area contributed by atoms with Gasteiger partial charge in [0.2, 0.25) is 0 Å². The van der Waals surface area contributed by atoms with Gasteiger partial charge in [-0.3, -0.25) is 23.6 Å². The Bertz CT molecular complexity index is 1350. The molecule has 1 aliphatic heterocycles. The minimum absolute atomic E-state index is 0.419. The molecule has 0 bridgehead atoms. The lowest BCUT2D eigenvalue weighted by Crippen LogP contribution is -2.28. The number of nitrogens with one attached hydrogen (secondary N) is 1. The molecule has 0 unspecified atom stereocenters. The number of nitrogens with zero attached hydrogens (tertiary/aromatic N) is 4. The molecular weight excluding hydrogens is 378 g/mol. The Labute approximate surface area is 172 Å². The summed E-state index contributed by atoms with van der Waals surface area (Å²) >= 11 is 0. The summed E-state index contributed by atoms with van der Waals surface area (Å²) in [7, 11) is 0. The van der Waals surface area contributed by atoms with E-state index in [1.807, 2.05) is 28.8 Å². The predicted molar refractivity (Wildman–Crippen MR) is 116 cm³/mol. The van der Waals surface area contributed by atoms with E-state index in [9.17, 15) is 9.59 Å². The number of rotatable bonds is 4. The maximum atomic E-state index is 12.1. The lowest BCUT2D eigenvalue weighted by Gasteiger charge is -2.26. The highest BCUT2D eigenvalue weighted by atomic mass is 16.2. The van der Waals surface area contributed by atoms with Gasteiger partial charge < -0.3 is 0 Å². The van der Waals surface area contributed by atoms with Gasteiger partial charge in [-0.25, -0.2) is 9.78 Å². The van der Waals surface area contributed by atoms with Crippen LogP contribution in [0.1, 0.15) is 17.5 Å². The largest absolute Gasteiger partial charge is 0.334 e. The quantitative estimate of drug-likeness (QED) is 0.572. The number of imidazole rings is 1. The fraction of sp³-hybridized carbons (Fsp3) is 0.174. The summed E-state index contributed by atoms with van der Waals surface area (Å²) in [4.78, 5) is 32.6. The summed E-state index contributed by atoms with van der Waals surface area (Å²) in [6, 6.07) is 15.9. The van der Waals surface area contributed by atoms with Crippen molar-refractivity contribution in [2.75, 3.05) is 13.1 Å². The Morgan fingerprint density at radius 3 is 2.67 bits per heavy atom. The maximum Gasteiger partial charge on any atom is 0.334 e. The summed E-state index contributed by atoms with van der Waals surface area (Å²) < 4.78 is 3.22. The van der Waals surface area contributed by atoms with E-state index in [0.29, 0.717) is 5.82 Å². The van der Waals surface area contributed by atoms with Gasteiger partial charge >= 0.3 is 5.69 Å². The molecule has 0 radical (unpaired) electrons. The number of aromatic amines is 1. The SMILES string of the molecule is O=c1ccn(-c2cnc3cc(C4=CCN(Cc5ccccc5)CC4)ccn23)c(=O)[nH]1. The van der Waals surface area contributed by atoms with Gasteiger partial charge in [-0.2, -0.15) is 0 Å². The van der Waals surface area contributed by atoms with Crippen molar-refractivity contribution in [2.24, 2.45) is 0 Å². The molecule has 0 saturated carbocycles. The Kier molecular flexibility index (Phi) is 4.65. The second kappa shape index (κ2) is 7.61. The van der Waals surface area contributed by atoms with Crippen LogP contribution in [-0.4, -0.2) is 36.9 Å². The molecule has 3 aromatic heterocycles. The highest BCUT2D eigenvalue weighted by Gasteiger charge is 2.15. The first kappa shape index (κ1) is 18.3. The van der Waals surface area contributed by atoms with Crippen LogP contribution in [-0.2, 0) is 6.54 Å². The minimum Gasteiger partial charge on any atom is -0.295 e. The van der Waals surface area contributed by atoms with Crippen LogP contribution in [0.2, 0.25) is 0 Å². The molecule has 5 rings (SSSR count). The van der Waals surface area contributed by atoms with E-state index in [0.717, 1.165) is 37.3 Å². The molecule has 30 heavy (non-hydrogen) atoms. The molecule has 7 nitrogen and oxygen atoms in total. The summed E-state index contributed by atoms with van der Waals surface area (Å²) in [5.74, 6) is 0.587. The Hall–Kier alpha value is -3.71. The van der Waals surface area contributed by atoms with Gasteiger partial charge in [0.05, 0.1) is 6.20 Å². The molecule has 150 valence electrons. The van der Waals surface area contributed by atoms with E-state index in [1.165, 1.54) is 28.0 Å². The van der Waals surface area contributed by atoms with Gasteiger partial charge in [-0.1, -0.05) is 36.4 Å². The van der Waals surface area contributed by atoms with Gasteiger partial charge in [-0.05, 0) is 35.3 Å². The first-order chi connectivity index (χ1) is 14.7. The molecule has 1 aliphatic rings. The van der Waals surface area contributed by atoms with Crippen molar-refractivity contribution in [3.05, 3.63) is 105 Å². The van der Waals surface area contributed by atoms with Crippen LogP contribution in [0.5, 0.6) is 0 Å². The number of hydrogen-bond donors (Lipinski definition) is 1. The van der Waals surface area contributed by atoms with Crippen molar-refractivity contribution < 1.29 is 0 Å². The van der Waals surface area contributed by atoms with Crippen molar-refractivity contribution in [3.63, 3.8) is 0 Å². The molecule has 0 amide bonds. The topological polar surface area (TPSA) is 75.4 Å². The van der Waals surface area contributed by atoms with Crippen molar-refractivity contribution in [2.45, 2.75) is 13.0 Å². The number of H-pyrrole nitrogens is 1. The number of pyridine rings is 1. The average molecular weight is 399 g/mol. The predicted octanol–water partition coefficient (Wildman–Crippen LogP) is 2.46. The summed E-state index contributed by atoms with van der Waals surface area (Å²) in [6.07, 6.45) is 8.28. The molecule has 0 fully saturated rings. The second-order valence-corrected chi connectivity index (χ2v) is 7.44. The average Bonchev–Trinajstić information content (AvgIpc) is 3.18. The highest BCUT2D eigenvalue weighted by molar-refractivity contribution is 5.69. The first-order valence-corrected chi connectivity index (χ1v) is 9.92. The zero-order valence-electron chi connectivity index (χ0n) is 16.4. The van der Waals surface area contributed by atoms with E-state index in [1.54, 1.807) is 6.20 Å². The normalized spacial score (nSPS) is 14.7. The van der Waals surface area contributed by atoms with E-state index in [4.69, 9.17) is 0 Å². The van der Waals surface area contributed by atoms with E-state index >= 15 is 0 Å². The van der Waals surface area contributed by atoms with Gasteiger partial charge in [0, 0.05) is 38.1 Å². The molecule has 0 aliphatic carbocycles. The van der Waals surface area contributed by atoms with Gasteiger partial charge in [0.25, 0.3) is 5.56 Å². The monoisotopic (exact) mass is 399 g/mol. The molecule has 7 heteroatoms. The van der Waals surface area contributed by atoms with E-state index < -0.39 is 11.2 Å². The van der Waals surface area contributed by atoms with Crippen LogP contribution in [0.15, 0.2) is 82.8 Å². The first-order valence-electron chi connectivity index (χ1n) is 9.92. The zero-order chi connectivity index (χ0) is 20.5. The van der Waals surface area contributed by atoms with Crippen molar-refractivity contribution in [1.29, 1.82) is 0 Å². The third-order valence-corrected chi connectivity index (χ3v) is 5.48. The number of fused-ring (bicyclic) bond motifs is 1. The van der Waals surface area contributed by atoms with E-state index in [-0.39, 0.29) is 0 Å². The summed E-state index contributed by atoms with van der Waals surface area (Å²) in [5, 5.41) is 0. The lowest BCUT2D eigenvalue weighted by molar-refractivity contribution is 0.294. The van der Waals surface area contributed by atoms with Crippen LogP contribution in [0.25, 0.3) is 17.0 Å². The minimum atomic E-state index is -0.484. The summed E-state index contributed by atoms with van der Waals surface area (Å²) in [5.41, 5.74) is 3.64. The third-order valence-electron chi connectivity index (χ3n) is 5.48. The standard InChI is InChI=1S/C23H21N5O2/c29-21-9-13-28(23(30)25-21)22-15-24-20-14-19(8-12-27(20)22)18-6-10-26(11-7-18)16-17-4-2-1-3-5-17/h1-6,8-9,12-15H,7,10-11,16H2,(H,25,29,30). The molecule has 0 saturated heterocycles. The van der Waals surface area contributed by atoms with Crippen LogP contribution < -0.4 is 11.2 Å². The molecule has 1 aromatic carbocycles. The third kappa shape index (κ3) is 3.51. The highest BCUT2D eigenvalue weighted by Crippen LogP contribution is 2.24. The molecule has 4 heterocycles. The number of aromatic nitrogens is 4. The van der Waals surface area contributed by atoms with Crippen molar-refractivity contribution in [3.8, 4) is 5.82 Å². The molecule has 0 atom stereocenters. The van der Waals surface area contributed by atoms with Crippen molar-refractivity contribution >= 4 is 11.2 Å². The van der Waals surface area contributed by atoms with Gasteiger partial charge in [0.15, 0.2) is 0 Å². The number of benzene rings is 1. The van der Waals surface area contributed by atoms with Crippen LogP contribution >= 0.6 is 0 Å². The number of hydrogen-bond acceptors (Lipinski definition) is 4. The molecule has 4 aromatic rings. The van der Waals surface area contributed by atoms with E-state index in [2.05, 4.69) is 45.2 Å². The fourth-order valence-electron chi connectivity index (χ4n) is 3.90. The van der Waals surface area contributed by atoms with Crippen molar-refractivity contribution in [1.82, 2.24) is 23.8 Å².